The van der Waals surface area contributed by atoms with Crippen molar-refractivity contribution in [1.29, 1.82) is 0 Å². The van der Waals surface area contributed by atoms with Crippen molar-refractivity contribution in [3.8, 4) is 5.75 Å². The van der Waals surface area contributed by atoms with Gasteiger partial charge in [0.05, 0.1) is 5.94 Å². The molecule has 0 saturated heterocycles. The monoisotopic (exact) mass is 452 g/mol. The maximum atomic E-state index is 12.4. The zero-order chi connectivity index (χ0) is 23.9. The number of alkyl halides is 3. The Kier molecular flexibility index (Phi) is 8.67. The average molecular weight is 452 g/mol. The van der Waals surface area contributed by atoms with Crippen LogP contribution >= 0.6 is 0 Å². The zero-order valence-electron chi connectivity index (χ0n) is 17.5. The predicted octanol–water partition coefficient (Wildman–Crippen LogP) is 1.89. The number of amides is 2. The second-order valence-electron chi connectivity index (χ2n) is 7.35. The number of hydrogen-bond donors (Lipinski definition) is 4. The van der Waals surface area contributed by atoms with E-state index >= 15 is 0 Å². The highest BCUT2D eigenvalue weighted by Gasteiger charge is 2.31. The molecule has 2 atom stereocenters. The summed E-state index contributed by atoms with van der Waals surface area (Å²) in [5.74, 6) is -4.03. The Morgan fingerprint density at radius 3 is 2.31 bits per heavy atom. The van der Waals surface area contributed by atoms with Gasteiger partial charge in [0.2, 0.25) is 11.8 Å². The van der Waals surface area contributed by atoms with Gasteiger partial charge in [-0.05, 0) is 43.5 Å². The lowest BCUT2D eigenvalue weighted by Crippen LogP contribution is -2.51. The van der Waals surface area contributed by atoms with Crippen molar-refractivity contribution in [1.82, 2.24) is 10.6 Å². The van der Waals surface area contributed by atoms with Gasteiger partial charge in [0.1, 0.15) is 11.7 Å². The first-order valence-corrected chi connectivity index (χ1v) is 9.79. The van der Waals surface area contributed by atoms with Gasteiger partial charge in [0.25, 0.3) is 0 Å². The third kappa shape index (κ3) is 8.24. The number of halogens is 3. The number of carbonyl (C=O) groups is 2. The zero-order valence-corrected chi connectivity index (χ0v) is 17.5. The fourth-order valence-electron chi connectivity index (χ4n) is 2.83. The van der Waals surface area contributed by atoms with Gasteiger partial charge in [0.15, 0.2) is 0 Å². The van der Waals surface area contributed by atoms with Crippen LogP contribution in [0.15, 0.2) is 48.5 Å². The molecule has 2 unspecified atom stereocenters. The summed E-state index contributed by atoms with van der Waals surface area (Å²) in [7, 11) is -1.84. The molecule has 11 heteroatoms. The van der Waals surface area contributed by atoms with Crippen LogP contribution in [0.1, 0.15) is 23.6 Å². The number of aryl methyl sites for hydroxylation is 1. The number of benzene rings is 2. The van der Waals surface area contributed by atoms with Crippen molar-refractivity contribution in [2.24, 2.45) is 5.92 Å². The van der Waals surface area contributed by atoms with Crippen LogP contribution in [-0.2, 0) is 22.6 Å². The Morgan fingerprint density at radius 1 is 1.06 bits per heavy atom. The van der Waals surface area contributed by atoms with Crippen LogP contribution in [0.5, 0.6) is 5.75 Å². The van der Waals surface area contributed by atoms with Gasteiger partial charge in [0, 0.05) is 6.54 Å². The Labute approximate surface area is 183 Å². The topological polar surface area (TPSA) is 108 Å². The summed E-state index contributed by atoms with van der Waals surface area (Å²) >= 11 is 0. The molecule has 0 radical (unpaired) electrons. The molecule has 2 aromatic rings. The van der Waals surface area contributed by atoms with Gasteiger partial charge >= 0.3 is 13.5 Å². The summed E-state index contributed by atoms with van der Waals surface area (Å²) in [6.07, 6.45) is -4.69. The van der Waals surface area contributed by atoms with Crippen molar-refractivity contribution in [3.05, 3.63) is 65.2 Å². The molecule has 2 aromatic carbocycles. The summed E-state index contributed by atoms with van der Waals surface area (Å²) < 4.78 is 40.8. The van der Waals surface area contributed by atoms with Crippen molar-refractivity contribution in [3.63, 3.8) is 0 Å². The van der Waals surface area contributed by atoms with Crippen LogP contribution in [-0.4, -0.2) is 41.3 Å². The van der Waals surface area contributed by atoms with Crippen molar-refractivity contribution >= 4 is 18.9 Å². The molecule has 0 spiro atoms. The normalized spacial score (nSPS) is 13.1. The molecule has 0 aliphatic carbocycles. The molecular weight excluding hydrogens is 428 g/mol. The molecule has 32 heavy (non-hydrogen) atoms. The lowest BCUT2D eigenvalue weighted by molar-refractivity contribution is -0.274. The van der Waals surface area contributed by atoms with E-state index in [2.05, 4.69) is 15.4 Å². The van der Waals surface area contributed by atoms with Crippen LogP contribution in [0.4, 0.5) is 13.2 Å². The van der Waals surface area contributed by atoms with E-state index in [1.807, 2.05) is 19.1 Å². The number of ether oxygens (including phenoxy) is 1. The SMILES string of the molecule is Cc1ccc(CC(NC(=O)C(C)C(=O)NCc2cccc(OC(F)(F)F)c2)B(O)O)cc1. The number of nitrogens with one attached hydrogen (secondary N) is 2. The Balaban J connectivity index is 1.92. The fraction of sp³-hybridized carbons (Fsp3) is 0.333. The first kappa shape index (κ1) is 25.2. The molecule has 0 saturated carbocycles. The summed E-state index contributed by atoms with van der Waals surface area (Å²) in [5.41, 5.74) is 2.14. The van der Waals surface area contributed by atoms with Crippen LogP contribution < -0.4 is 15.4 Å². The van der Waals surface area contributed by atoms with Crippen LogP contribution in [0, 0.1) is 12.8 Å². The van der Waals surface area contributed by atoms with Gasteiger partial charge in [-0.3, -0.25) is 9.59 Å². The van der Waals surface area contributed by atoms with Crippen LogP contribution in [0.25, 0.3) is 0 Å². The molecule has 2 amide bonds. The largest absolute Gasteiger partial charge is 0.573 e. The second kappa shape index (κ2) is 11.0. The first-order chi connectivity index (χ1) is 14.9. The van der Waals surface area contributed by atoms with E-state index in [-0.39, 0.29) is 13.0 Å². The van der Waals surface area contributed by atoms with E-state index in [4.69, 9.17) is 0 Å². The summed E-state index contributed by atoms with van der Waals surface area (Å²) in [6, 6.07) is 12.4. The molecule has 2 rings (SSSR count). The van der Waals surface area contributed by atoms with Crippen molar-refractivity contribution in [2.45, 2.75) is 39.1 Å². The lowest BCUT2D eigenvalue weighted by Gasteiger charge is -2.20. The Bertz CT molecular complexity index is 922. The standard InChI is InChI=1S/C21H24BF3N2O5/c1-13-6-8-15(9-7-13)11-18(22(30)31)27-20(29)14(2)19(28)26-12-16-4-3-5-17(10-16)32-21(23,24)25/h3-10,14,18,30-31H,11-12H2,1-2H3,(H,26,28)(H,27,29). The smallest absolute Gasteiger partial charge is 0.426 e. The molecule has 0 bridgehead atoms. The predicted molar refractivity (Wildman–Crippen MR) is 111 cm³/mol. The maximum absolute atomic E-state index is 12.4. The molecule has 0 aliphatic heterocycles. The minimum atomic E-state index is -4.83. The second-order valence-corrected chi connectivity index (χ2v) is 7.35. The molecular formula is C21H24BF3N2O5. The van der Waals surface area contributed by atoms with E-state index in [0.29, 0.717) is 5.56 Å². The minimum absolute atomic E-state index is 0.124. The fourth-order valence-corrected chi connectivity index (χ4v) is 2.83. The summed E-state index contributed by atoms with van der Waals surface area (Å²) in [6.45, 7) is 3.12. The number of rotatable bonds is 9. The Morgan fingerprint density at radius 2 is 1.72 bits per heavy atom. The molecule has 0 fully saturated rings. The van der Waals surface area contributed by atoms with Crippen LogP contribution in [0.2, 0.25) is 0 Å². The molecule has 7 nitrogen and oxygen atoms in total. The lowest BCUT2D eigenvalue weighted by atomic mass is 9.75. The van der Waals surface area contributed by atoms with Crippen molar-refractivity contribution < 1.29 is 37.5 Å². The van der Waals surface area contributed by atoms with E-state index in [1.54, 1.807) is 12.1 Å². The highest BCUT2D eigenvalue weighted by molar-refractivity contribution is 6.43. The van der Waals surface area contributed by atoms with E-state index in [0.717, 1.165) is 23.3 Å². The maximum Gasteiger partial charge on any atom is 0.573 e. The highest BCUT2D eigenvalue weighted by Crippen LogP contribution is 2.23. The molecule has 0 heterocycles. The third-order valence-corrected chi connectivity index (χ3v) is 4.65. The molecule has 0 aromatic heterocycles. The third-order valence-electron chi connectivity index (χ3n) is 4.65. The van der Waals surface area contributed by atoms with Crippen LogP contribution in [0.3, 0.4) is 0 Å². The Hall–Kier alpha value is -3.05. The van der Waals surface area contributed by atoms with Gasteiger partial charge in [-0.25, -0.2) is 0 Å². The molecule has 0 aliphatic rings. The van der Waals surface area contributed by atoms with Gasteiger partial charge in [-0.1, -0.05) is 42.0 Å². The average Bonchev–Trinajstić information content (AvgIpc) is 2.71. The van der Waals surface area contributed by atoms with Gasteiger partial charge in [-0.2, -0.15) is 0 Å². The summed E-state index contributed by atoms with van der Waals surface area (Å²) in [5, 5.41) is 24.1. The number of carbonyl (C=O) groups excluding carboxylic acids is 2. The molecule has 4 N–H and O–H groups in total. The summed E-state index contributed by atoms with van der Waals surface area (Å²) in [4.78, 5) is 24.7. The van der Waals surface area contributed by atoms with Gasteiger partial charge < -0.3 is 25.4 Å². The van der Waals surface area contributed by atoms with E-state index in [1.165, 1.54) is 19.1 Å². The quantitative estimate of drug-likeness (QED) is 0.344. The molecule has 172 valence electrons. The van der Waals surface area contributed by atoms with Crippen molar-refractivity contribution in [2.75, 3.05) is 0 Å². The first-order valence-electron chi connectivity index (χ1n) is 9.79. The van der Waals surface area contributed by atoms with E-state index in [9.17, 15) is 32.8 Å². The highest BCUT2D eigenvalue weighted by atomic mass is 19.4. The van der Waals surface area contributed by atoms with E-state index < -0.39 is 42.9 Å². The number of hydrogen-bond acceptors (Lipinski definition) is 5. The minimum Gasteiger partial charge on any atom is -0.426 e. The van der Waals surface area contributed by atoms with Gasteiger partial charge in [-0.15, -0.1) is 13.2 Å².